The Morgan fingerprint density at radius 3 is 2.81 bits per heavy atom. The first-order chi connectivity index (χ1) is 12.6. The molecule has 3 rings (SSSR count). The molecule has 1 aliphatic rings. The van der Waals surface area contributed by atoms with Gasteiger partial charge in [0.2, 0.25) is 0 Å². The van der Waals surface area contributed by atoms with Crippen LogP contribution < -0.4 is 10.6 Å². The van der Waals surface area contributed by atoms with Gasteiger partial charge in [-0.05, 0) is 37.3 Å². The minimum absolute atomic E-state index is 0.0175. The molecule has 0 radical (unpaired) electrons. The molecule has 0 fully saturated rings. The van der Waals surface area contributed by atoms with E-state index in [2.05, 4.69) is 15.7 Å². The van der Waals surface area contributed by atoms with Gasteiger partial charge in [-0.2, -0.15) is 18.3 Å². The lowest BCUT2D eigenvalue weighted by molar-refractivity contribution is -0.143. The van der Waals surface area contributed by atoms with E-state index in [1.807, 2.05) is 0 Å². The zero-order chi connectivity index (χ0) is 19.8. The van der Waals surface area contributed by atoms with Crippen LogP contribution in [-0.4, -0.2) is 27.4 Å². The van der Waals surface area contributed by atoms with Crippen LogP contribution in [0.15, 0.2) is 29.5 Å². The molecule has 0 aliphatic carbocycles. The molecule has 144 valence electrons. The quantitative estimate of drug-likeness (QED) is 0.590. The molecule has 0 saturated carbocycles. The summed E-state index contributed by atoms with van der Waals surface area (Å²) in [5.41, 5.74) is 0.473. The molecule has 11 heteroatoms. The topological polar surface area (TPSA) is 68.2 Å². The maximum absolute atomic E-state index is 12.9. The molecule has 1 aliphatic heterocycles. The van der Waals surface area contributed by atoms with Crippen LogP contribution in [0.25, 0.3) is 10.6 Å². The molecule has 0 amide bonds. The molecule has 0 atom stereocenters. The van der Waals surface area contributed by atoms with Gasteiger partial charge in [-0.3, -0.25) is 4.68 Å². The molecule has 6 nitrogen and oxygen atoms in total. The van der Waals surface area contributed by atoms with Crippen molar-refractivity contribution >= 4 is 34.6 Å². The molecule has 27 heavy (non-hydrogen) atoms. The van der Waals surface area contributed by atoms with Crippen LogP contribution >= 0.6 is 23.6 Å². The number of aryl methyl sites for hydroxylation is 1. The zero-order valence-corrected chi connectivity index (χ0v) is 15.9. The van der Waals surface area contributed by atoms with Crippen LogP contribution in [0.1, 0.15) is 17.5 Å². The maximum atomic E-state index is 12.9. The van der Waals surface area contributed by atoms with Crippen molar-refractivity contribution in [2.75, 3.05) is 6.54 Å². The molecule has 0 unspecified atom stereocenters. The fourth-order valence-corrected chi connectivity index (χ4v) is 3.59. The van der Waals surface area contributed by atoms with Crippen molar-refractivity contribution in [2.45, 2.75) is 19.7 Å². The second kappa shape index (κ2) is 7.31. The van der Waals surface area contributed by atoms with Gasteiger partial charge in [-0.15, -0.1) is 11.3 Å². The predicted octanol–water partition coefficient (Wildman–Crippen LogP) is 2.96. The van der Waals surface area contributed by atoms with Crippen molar-refractivity contribution in [2.24, 2.45) is 7.05 Å². The Morgan fingerprint density at radius 2 is 2.19 bits per heavy atom. The number of thiocarbonyl (C=S) groups is 1. The number of nitrogens with one attached hydrogen (secondary N) is 2. The van der Waals surface area contributed by atoms with E-state index in [-0.39, 0.29) is 18.8 Å². The van der Waals surface area contributed by atoms with Crippen LogP contribution in [0.4, 0.5) is 13.2 Å². The number of aromatic nitrogens is 2. The van der Waals surface area contributed by atoms with Gasteiger partial charge in [0.15, 0.2) is 5.11 Å². The highest BCUT2D eigenvalue weighted by molar-refractivity contribution is 7.80. The normalized spacial score (nSPS) is 14.8. The van der Waals surface area contributed by atoms with Crippen LogP contribution in [0, 0.1) is 0 Å². The SMILES string of the molecule is CC1=C(C(=O)OCc2ccc(-c3cc(C(F)(F)F)n(C)n3)s2)CNC(=S)N1. The van der Waals surface area contributed by atoms with Crippen molar-refractivity contribution in [1.82, 2.24) is 20.4 Å². The number of halogens is 3. The summed E-state index contributed by atoms with van der Waals surface area (Å²) >= 11 is 6.18. The number of esters is 1. The fraction of sp³-hybridized carbons (Fsp3) is 0.312. The first-order valence-electron chi connectivity index (χ1n) is 7.77. The second-order valence-electron chi connectivity index (χ2n) is 5.79. The summed E-state index contributed by atoms with van der Waals surface area (Å²) < 4.78 is 44.8. The number of nitrogens with zero attached hydrogens (tertiary/aromatic N) is 2. The summed E-state index contributed by atoms with van der Waals surface area (Å²) in [6, 6.07) is 4.35. The highest BCUT2D eigenvalue weighted by Gasteiger charge is 2.35. The summed E-state index contributed by atoms with van der Waals surface area (Å²) in [7, 11) is 1.25. The van der Waals surface area contributed by atoms with Gasteiger partial charge >= 0.3 is 12.1 Å². The number of thiophene rings is 1. The Kier molecular flexibility index (Phi) is 5.24. The van der Waals surface area contributed by atoms with Gasteiger partial charge in [0.1, 0.15) is 18.0 Å². The Hall–Kier alpha value is -2.40. The predicted molar refractivity (Wildman–Crippen MR) is 97.8 cm³/mol. The highest BCUT2D eigenvalue weighted by atomic mass is 32.1. The van der Waals surface area contributed by atoms with Crippen LogP contribution in [0.3, 0.4) is 0 Å². The van der Waals surface area contributed by atoms with E-state index in [4.69, 9.17) is 17.0 Å². The number of hydrogen-bond donors (Lipinski definition) is 2. The van der Waals surface area contributed by atoms with E-state index in [0.29, 0.717) is 26.1 Å². The molecule has 3 heterocycles. The monoisotopic (exact) mass is 416 g/mol. The first-order valence-corrected chi connectivity index (χ1v) is 8.99. The summed E-state index contributed by atoms with van der Waals surface area (Å²) in [6.45, 7) is 2.02. The number of allylic oxidation sites excluding steroid dienone is 1. The van der Waals surface area contributed by atoms with E-state index < -0.39 is 17.8 Å². The lowest BCUT2D eigenvalue weighted by Gasteiger charge is -2.20. The van der Waals surface area contributed by atoms with E-state index in [0.717, 1.165) is 10.7 Å². The largest absolute Gasteiger partial charge is 0.457 e. The van der Waals surface area contributed by atoms with Gasteiger partial charge in [0, 0.05) is 17.6 Å². The highest BCUT2D eigenvalue weighted by Crippen LogP contribution is 2.34. The standard InChI is InChI=1S/C16H15F3N4O2S2/c1-8-10(6-20-15(26)21-8)14(24)25-7-9-3-4-12(27-9)11-5-13(16(17,18)19)23(2)22-11/h3-5H,6-7H2,1-2H3,(H2,20,21,26). The number of alkyl halides is 3. The lowest BCUT2D eigenvalue weighted by Crippen LogP contribution is -2.42. The average molecular weight is 416 g/mol. The van der Waals surface area contributed by atoms with Crippen molar-refractivity contribution in [3.8, 4) is 10.6 Å². The molecular weight excluding hydrogens is 401 g/mol. The molecule has 0 saturated heterocycles. The van der Waals surface area contributed by atoms with Crippen LogP contribution in [-0.2, 0) is 29.4 Å². The third-order valence-corrected chi connectivity index (χ3v) is 5.18. The Balaban J connectivity index is 1.68. The number of ether oxygens (including phenoxy) is 1. The summed E-state index contributed by atoms with van der Waals surface area (Å²) in [5.74, 6) is -0.484. The third kappa shape index (κ3) is 4.30. The molecule has 0 spiro atoms. The minimum Gasteiger partial charge on any atom is -0.457 e. The van der Waals surface area contributed by atoms with Crippen molar-refractivity contribution < 1.29 is 22.7 Å². The van der Waals surface area contributed by atoms with E-state index >= 15 is 0 Å². The minimum atomic E-state index is -4.47. The Morgan fingerprint density at radius 1 is 1.44 bits per heavy atom. The molecule has 0 bridgehead atoms. The lowest BCUT2D eigenvalue weighted by atomic mass is 10.2. The van der Waals surface area contributed by atoms with Crippen molar-refractivity contribution in [1.29, 1.82) is 0 Å². The Bertz CT molecular complexity index is 930. The number of carbonyl (C=O) groups excluding carboxylic acids is 1. The van der Waals surface area contributed by atoms with Gasteiger partial charge in [-0.25, -0.2) is 4.79 Å². The number of hydrogen-bond acceptors (Lipinski definition) is 5. The first kappa shape index (κ1) is 19.4. The second-order valence-corrected chi connectivity index (χ2v) is 7.37. The average Bonchev–Trinajstić information content (AvgIpc) is 3.18. The van der Waals surface area contributed by atoms with Gasteiger partial charge in [0.25, 0.3) is 0 Å². The molecule has 0 aromatic carbocycles. The molecular formula is C16H15F3N4O2S2. The smallest absolute Gasteiger partial charge is 0.433 e. The molecule has 2 aromatic rings. The van der Waals surface area contributed by atoms with Crippen LogP contribution in [0.5, 0.6) is 0 Å². The van der Waals surface area contributed by atoms with Gasteiger partial charge < -0.3 is 15.4 Å². The summed E-state index contributed by atoms with van der Waals surface area (Å²) in [5, 5.41) is 10.1. The third-order valence-electron chi connectivity index (χ3n) is 3.86. The number of rotatable bonds is 4. The van der Waals surface area contributed by atoms with Crippen LogP contribution in [0.2, 0.25) is 0 Å². The maximum Gasteiger partial charge on any atom is 0.433 e. The van der Waals surface area contributed by atoms with Gasteiger partial charge in [0.05, 0.1) is 17.0 Å². The van der Waals surface area contributed by atoms with Gasteiger partial charge in [-0.1, -0.05) is 0 Å². The van der Waals surface area contributed by atoms with E-state index in [9.17, 15) is 18.0 Å². The van der Waals surface area contributed by atoms with Crippen molar-refractivity contribution in [3.63, 3.8) is 0 Å². The summed E-state index contributed by atoms with van der Waals surface area (Å²) in [4.78, 5) is 13.4. The molecule has 2 aromatic heterocycles. The number of carbonyl (C=O) groups is 1. The van der Waals surface area contributed by atoms with E-state index in [1.165, 1.54) is 18.4 Å². The zero-order valence-electron chi connectivity index (χ0n) is 14.3. The van der Waals surface area contributed by atoms with E-state index in [1.54, 1.807) is 19.1 Å². The molecule has 2 N–H and O–H groups in total. The summed E-state index contributed by atoms with van der Waals surface area (Å²) in [6.07, 6.45) is -4.47. The van der Waals surface area contributed by atoms with Crippen molar-refractivity contribution in [3.05, 3.63) is 40.0 Å². The Labute approximate surface area is 162 Å². The fourth-order valence-electron chi connectivity index (χ4n) is 2.49.